The molecule has 1 amide bonds. The van der Waals surface area contributed by atoms with Crippen LogP contribution in [0.4, 0.5) is 10.1 Å². The first kappa shape index (κ1) is 15.9. The first-order valence-corrected chi connectivity index (χ1v) is 7.59. The van der Waals surface area contributed by atoms with E-state index in [-0.39, 0.29) is 17.8 Å². The molecule has 3 rings (SSSR count). The van der Waals surface area contributed by atoms with Crippen molar-refractivity contribution in [2.75, 3.05) is 11.9 Å². The molecular weight excluding hydrogens is 311 g/mol. The molecule has 0 aliphatic carbocycles. The number of ether oxygens (including phenoxy) is 1. The molecule has 0 spiro atoms. The number of aromatic nitrogens is 1. The number of hydrogen-bond donors (Lipinski definition) is 2. The highest BCUT2D eigenvalue weighted by Crippen LogP contribution is 2.15. The van der Waals surface area contributed by atoms with E-state index in [2.05, 4.69) is 15.3 Å². The maximum absolute atomic E-state index is 13.0. The largest absolute Gasteiger partial charge is 0.463 e. The van der Waals surface area contributed by atoms with Gasteiger partial charge in [0.1, 0.15) is 12.3 Å². The average Bonchev–Trinajstić information content (AvgIpc) is 3.00. The Balaban J connectivity index is 1.55. The van der Waals surface area contributed by atoms with Gasteiger partial charge in [0.05, 0.1) is 6.04 Å². The van der Waals surface area contributed by atoms with Crippen LogP contribution in [-0.2, 0) is 11.2 Å². The van der Waals surface area contributed by atoms with Crippen molar-refractivity contribution in [1.82, 2.24) is 4.98 Å². The smallest absolute Gasteiger partial charge is 0.282 e. The third-order valence-electron chi connectivity index (χ3n) is 3.66. The van der Waals surface area contributed by atoms with Crippen LogP contribution in [-0.4, -0.2) is 29.6 Å². The SMILES string of the molecule is NC1=N[C@@H](CCc2ccc(NC(=O)c3cccc(F)n3)cc2)CO1. The lowest BCUT2D eigenvalue weighted by Crippen LogP contribution is -2.14. The minimum Gasteiger partial charge on any atom is -0.463 e. The lowest BCUT2D eigenvalue weighted by molar-refractivity contribution is 0.102. The number of amides is 1. The number of nitrogens with one attached hydrogen (secondary N) is 1. The minimum absolute atomic E-state index is 0.0377. The topological polar surface area (TPSA) is 89.6 Å². The molecule has 0 radical (unpaired) electrons. The van der Waals surface area contributed by atoms with Gasteiger partial charge in [-0.15, -0.1) is 0 Å². The van der Waals surface area contributed by atoms with Crippen LogP contribution in [0.5, 0.6) is 0 Å². The number of carbonyl (C=O) groups is 1. The molecule has 124 valence electrons. The van der Waals surface area contributed by atoms with Gasteiger partial charge in [-0.25, -0.2) is 9.98 Å². The number of carbonyl (C=O) groups excluding carboxylic acids is 1. The molecule has 2 aromatic rings. The zero-order chi connectivity index (χ0) is 16.9. The normalized spacial score (nSPS) is 16.4. The summed E-state index contributed by atoms with van der Waals surface area (Å²) in [5, 5.41) is 2.69. The molecule has 0 saturated heterocycles. The van der Waals surface area contributed by atoms with Crippen molar-refractivity contribution in [1.29, 1.82) is 0 Å². The van der Waals surface area contributed by atoms with Gasteiger partial charge < -0.3 is 15.8 Å². The lowest BCUT2D eigenvalue weighted by Gasteiger charge is -2.07. The van der Waals surface area contributed by atoms with Crippen LogP contribution in [0.1, 0.15) is 22.5 Å². The third-order valence-corrected chi connectivity index (χ3v) is 3.66. The predicted octanol–water partition coefficient (Wildman–Crippen LogP) is 2.12. The fraction of sp³-hybridized carbons (Fsp3) is 0.235. The number of benzene rings is 1. The quantitative estimate of drug-likeness (QED) is 0.823. The van der Waals surface area contributed by atoms with Crippen LogP contribution in [0.2, 0.25) is 0 Å². The Morgan fingerprint density at radius 2 is 2.08 bits per heavy atom. The van der Waals surface area contributed by atoms with Crippen LogP contribution in [0.15, 0.2) is 47.5 Å². The highest BCUT2D eigenvalue weighted by atomic mass is 19.1. The Hall–Kier alpha value is -2.96. The minimum atomic E-state index is -0.683. The van der Waals surface area contributed by atoms with E-state index in [1.165, 1.54) is 18.2 Å². The summed E-state index contributed by atoms with van der Waals surface area (Å²) in [6.07, 6.45) is 1.68. The molecule has 0 fully saturated rings. The molecule has 1 aromatic carbocycles. The Morgan fingerprint density at radius 1 is 1.29 bits per heavy atom. The van der Waals surface area contributed by atoms with E-state index in [1.807, 2.05) is 12.1 Å². The number of aryl methyl sites for hydroxylation is 1. The molecule has 1 atom stereocenters. The van der Waals surface area contributed by atoms with E-state index in [1.54, 1.807) is 12.1 Å². The summed E-state index contributed by atoms with van der Waals surface area (Å²) >= 11 is 0. The van der Waals surface area contributed by atoms with Crippen LogP contribution < -0.4 is 11.1 Å². The van der Waals surface area contributed by atoms with Crippen molar-refractivity contribution in [2.45, 2.75) is 18.9 Å². The number of anilines is 1. The number of rotatable bonds is 5. The van der Waals surface area contributed by atoms with Crippen molar-refractivity contribution >= 4 is 17.6 Å². The van der Waals surface area contributed by atoms with E-state index in [0.717, 1.165) is 18.4 Å². The van der Waals surface area contributed by atoms with Gasteiger partial charge in [-0.3, -0.25) is 4.79 Å². The number of aliphatic imine (C=N–C) groups is 1. The first-order chi connectivity index (χ1) is 11.6. The van der Waals surface area contributed by atoms with Gasteiger partial charge in [-0.1, -0.05) is 18.2 Å². The van der Waals surface area contributed by atoms with E-state index in [0.29, 0.717) is 12.3 Å². The third kappa shape index (κ3) is 4.07. The molecular formula is C17H17FN4O2. The number of hydrogen-bond acceptors (Lipinski definition) is 5. The van der Waals surface area contributed by atoms with Crippen molar-refractivity contribution in [3.05, 3.63) is 59.7 Å². The predicted molar refractivity (Wildman–Crippen MR) is 88.3 cm³/mol. The molecule has 24 heavy (non-hydrogen) atoms. The summed E-state index contributed by atoms with van der Waals surface area (Å²) < 4.78 is 18.2. The number of nitrogens with zero attached hydrogens (tertiary/aromatic N) is 2. The Kier molecular flexibility index (Phi) is 4.69. The van der Waals surface area contributed by atoms with Crippen molar-refractivity contribution < 1.29 is 13.9 Å². The summed E-state index contributed by atoms with van der Waals surface area (Å²) in [4.78, 5) is 19.7. The van der Waals surface area contributed by atoms with E-state index in [9.17, 15) is 9.18 Å². The zero-order valence-electron chi connectivity index (χ0n) is 12.9. The molecule has 6 nitrogen and oxygen atoms in total. The standard InChI is InChI=1S/C17H17FN4O2/c18-15-3-1-2-14(22-15)16(23)20-12-7-4-11(5-8-12)6-9-13-10-24-17(19)21-13/h1-5,7-8,13H,6,9-10H2,(H2,19,21)(H,20,23)/t13-/m0/s1. The van der Waals surface area contributed by atoms with Gasteiger partial charge in [-0.2, -0.15) is 4.39 Å². The molecule has 1 aliphatic rings. The van der Waals surface area contributed by atoms with Crippen LogP contribution in [0.25, 0.3) is 0 Å². The molecule has 3 N–H and O–H groups in total. The second-order valence-electron chi connectivity index (χ2n) is 5.47. The number of nitrogens with two attached hydrogens (primary N) is 1. The van der Waals surface area contributed by atoms with Gasteiger partial charge in [0.25, 0.3) is 11.9 Å². The summed E-state index contributed by atoms with van der Waals surface area (Å²) in [5.74, 6) is -1.13. The summed E-state index contributed by atoms with van der Waals surface area (Å²) in [5.41, 5.74) is 7.26. The molecule has 1 aromatic heterocycles. The molecule has 7 heteroatoms. The summed E-state index contributed by atoms with van der Waals surface area (Å²) in [6, 6.07) is 11.9. The highest BCUT2D eigenvalue weighted by molar-refractivity contribution is 6.02. The van der Waals surface area contributed by atoms with E-state index >= 15 is 0 Å². The van der Waals surface area contributed by atoms with Gasteiger partial charge >= 0.3 is 0 Å². The maximum atomic E-state index is 13.0. The zero-order valence-corrected chi connectivity index (χ0v) is 12.9. The van der Waals surface area contributed by atoms with E-state index < -0.39 is 11.9 Å². The Labute approximate surface area is 138 Å². The molecule has 1 aliphatic heterocycles. The Bertz CT molecular complexity index is 761. The fourth-order valence-corrected chi connectivity index (χ4v) is 2.40. The fourth-order valence-electron chi connectivity index (χ4n) is 2.40. The molecule has 0 bridgehead atoms. The van der Waals surface area contributed by atoms with Crippen LogP contribution in [0, 0.1) is 5.95 Å². The second kappa shape index (κ2) is 7.08. The number of amidine groups is 1. The number of pyridine rings is 1. The van der Waals surface area contributed by atoms with Crippen molar-refractivity contribution in [3.63, 3.8) is 0 Å². The van der Waals surface area contributed by atoms with Gasteiger partial charge in [-0.05, 0) is 42.7 Å². The van der Waals surface area contributed by atoms with Crippen molar-refractivity contribution in [3.8, 4) is 0 Å². The van der Waals surface area contributed by atoms with Crippen LogP contribution in [0.3, 0.4) is 0 Å². The number of halogens is 1. The summed E-state index contributed by atoms with van der Waals surface area (Å²) in [6.45, 7) is 0.528. The average molecular weight is 328 g/mol. The van der Waals surface area contributed by atoms with Gasteiger partial charge in [0, 0.05) is 5.69 Å². The lowest BCUT2D eigenvalue weighted by atomic mass is 10.1. The molecule has 0 unspecified atom stereocenters. The maximum Gasteiger partial charge on any atom is 0.282 e. The Morgan fingerprint density at radius 3 is 2.75 bits per heavy atom. The van der Waals surface area contributed by atoms with E-state index in [4.69, 9.17) is 10.5 Å². The molecule has 0 saturated carbocycles. The van der Waals surface area contributed by atoms with Crippen molar-refractivity contribution in [2.24, 2.45) is 10.7 Å². The van der Waals surface area contributed by atoms with Gasteiger partial charge in [0.2, 0.25) is 5.95 Å². The monoisotopic (exact) mass is 328 g/mol. The molecule has 2 heterocycles. The second-order valence-corrected chi connectivity index (χ2v) is 5.47. The summed E-state index contributed by atoms with van der Waals surface area (Å²) in [7, 11) is 0. The first-order valence-electron chi connectivity index (χ1n) is 7.59. The highest BCUT2D eigenvalue weighted by Gasteiger charge is 2.16. The van der Waals surface area contributed by atoms with Gasteiger partial charge in [0.15, 0.2) is 0 Å². The van der Waals surface area contributed by atoms with Crippen LogP contribution >= 0.6 is 0 Å².